The monoisotopic (exact) mass is 330 g/mol. The second-order valence-electron chi connectivity index (χ2n) is 6.83. The van der Waals surface area contributed by atoms with Crippen LogP contribution in [0, 0.1) is 0 Å². The first-order chi connectivity index (χ1) is 11.3. The van der Waals surface area contributed by atoms with Crippen LogP contribution in [0.25, 0.3) is 0 Å². The Morgan fingerprint density at radius 3 is 1.35 bits per heavy atom. The zero-order chi connectivity index (χ0) is 17.0. The highest BCUT2D eigenvalue weighted by Gasteiger charge is 2.00. The van der Waals surface area contributed by atoms with E-state index in [9.17, 15) is 5.11 Å². The maximum Gasteiger partial charge on any atom is 0.0770 e. The van der Waals surface area contributed by atoms with Crippen LogP contribution in [-0.2, 0) is 4.74 Å². The summed E-state index contributed by atoms with van der Waals surface area (Å²) < 4.78 is 4.50. The predicted octanol–water partition coefficient (Wildman–Crippen LogP) is 5.23. The molecule has 0 aromatic carbocycles. The normalized spacial score (nSPS) is 14.2. The number of aliphatic hydroxyl groups excluding tert-OH is 2. The minimum atomic E-state index is -0.493. The Labute approximate surface area is 144 Å². The van der Waals surface area contributed by atoms with E-state index in [1.165, 1.54) is 83.5 Å². The average molecular weight is 331 g/mol. The molecule has 0 bridgehead atoms. The zero-order valence-corrected chi connectivity index (χ0v) is 15.6. The standard InChI is InChI=1S/C18H38O2.C2H4O/c1-2-3-4-5-6-7-8-9-10-11-12-13-14-15-16-18(20)17-19;1-2-3-1/h18-20H,2-17H2,1H3;1-2H2. The van der Waals surface area contributed by atoms with Crippen LogP contribution in [0.15, 0.2) is 0 Å². The third kappa shape index (κ3) is 24.3. The van der Waals surface area contributed by atoms with Crippen LogP contribution < -0.4 is 0 Å². The second kappa shape index (κ2) is 19.9. The second-order valence-corrected chi connectivity index (χ2v) is 6.83. The number of epoxide rings is 1. The first-order valence-electron chi connectivity index (χ1n) is 10.2. The maximum absolute atomic E-state index is 9.20. The molecule has 0 saturated carbocycles. The van der Waals surface area contributed by atoms with Crippen molar-refractivity contribution >= 4 is 0 Å². The van der Waals surface area contributed by atoms with Gasteiger partial charge < -0.3 is 14.9 Å². The van der Waals surface area contributed by atoms with Crippen LogP contribution in [0.1, 0.15) is 103 Å². The number of ether oxygens (including phenoxy) is 1. The van der Waals surface area contributed by atoms with Crippen LogP contribution in [0.4, 0.5) is 0 Å². The zero-order valence-electron chi connectivity index (χ0n) is 15.6. The van der Waals surface area contributed by atoms with Gasteiger partial charge in [0.15, 0.2) is 0 Å². The molecule has 1 rings (SSSR count). The lowest BCUT2D eigenvalue weighted by Gasteiger charge is -2.06. The van der Waals surface area contributed by atoms with Gasteiger partial charge in [0, 0.05) is 0 Å². The topological polar surface area (TPSA) is 53.0 Å². The maximum atomic E-state index is 9.20. The molecule has 140 valence electrons. The van der Waals surface area contributed by atoms with Crippen molar-refractivity contribution in [1.29, 1.82) is 0 Å². The van der Waals surface area contributed by atoms with Crippen LogP contribution in [0.2, 0.25) is 0 Å². The van der Waals surface area contributed by atoms with E-state index in [1.807, 2.05) is 0 Å². The lowest BCUT2D eigenvalue weighted by Crippen LogP contribution is -2.10. The van der Waals surface area contributed by atoms with Crippen molar-refractivity contribution in [3.05, 3.63) is 0 Å². The van der Waals surface area contributed by atoms with Crippen molar-refractivity contribution in [3.63, 3.8) is 0 Å². The van der Waals surface area contributed by atoms with E-state index >= 15 is 0 Å². The third-order valence-corrected chi connectivity index (χ3v) is 4.31. The van der Waals surface area contributed by atoms with Gasteiger partial charge in [0.25, 0.3) is 0 Å². The molecule has 0 radical (unpaired) electrons. The summed E-state index contributed by atoms with van der Waals surface area (Å²) in [6, 6.07) is 0. The molecule has 0 amide bonds. The molecule has 1 aliphatic heterocycles. The Morgan fingerprint density at radius 1 is 0.696 bits per heavy atom. The molecule has 0 aromatic heterocycles. The van der Waals surface area contributed by atoms with Crippen LogP contribution in [-0.4, -0.2) is 36.1 Å². The molecular formula is C20H42O3. The first-order valence-corrected chi connectivity index (χ1v) is 10.2. The first kappa shape index (κ1) is 22.9. The van der Waals surface area contributed by atoms with Crippen molar-refractivity contribution in [2.24, 2.45) is 0 Å². The number of hydrogen-bond donors (Lipinski definition) is 2. The fourth-order valence-corrected chi connectivity index (χ4v) is 2.67. The van der Waals surface area contributed by atoms with Gasteiger partial charge in [-0.3, -0.25) is 0 Å². The summed E-state index contributed by atoms with van der Waals surface area (Å²) in [6.45, 7) is 4.19. The summed E-state index contributed by atoms with van der Waals surface area (Å²) in [5.41, 5.74) is 0. The molecule has 3 nitrogen and oxygen atoms in total. The molecule has 1 saturated heterocycles. The van der Waals surface area contributed by atoms with Gasteiger partial charge in [-0.2, -0.15) is 0 Å². The summed E-state index contributed by atoms with van der Waals surface area (Å²) in [4.78, 5) is 0. The molecule has 0 spiro atoms. The Bertz CT molecular complexity index is 204. The Kier molecular flexibility index (Phi) is 19.8. The van der Waals surface area contributed by atoms with Gasteiger partial charge in [-0.1, -0.05) is 96.8 Å². The number of aliphatic hydroxyl groups is 2. The Balaban J connectivity index is 0.00000143. The van der Waals surface area contributed by atoms with E-state index in [1.54, 1.807) is 0 Å². The molecule has 0 aromatic rings. The van der Waals surface area contributed by atoms with Gasteiger partial charge in [-0.25, -0.2) is 0 Å². The largest absolute Gasteiger partial charge is 0.394 e. The van der Waals surface area contributed by atoms with Gasteiger partial charge >= 0.3 is 0 Å². The summed E-state index contributed by atoms with van der Waals surface area (Å²) in [5, 5.41) is 17.9. The highest BCUT2D eigenvalue weighted by atomic mass is 16.6. The highest BCUT2D eigenvalue weighted by Crippen LogP contribution is 2.13. The van der Waals surface area contributed by atoms with Gasteiger partial charge in [0.2, 0.25) is 0 Å². The van der Waals surface area contributed by atoms with Gasteiger partial charge in [-0.15, -0.1) is 0 Å². The minimum absolute atomic E-state index is 0.0849. The minimum Gasteiger partial charge on any atom is -0.394 e. The van der Waals surface area contributed by atoms with E-state index in [0.29, 0.717) is 0 Å². The third-order valence-electron chi connectivity index (χ3n) is 4.31. The summed E-state index contributed by atoms with van der Waals surface area (Å²) in [7, 11) is 0. The summed E-state index contributed by atoms with van der Waals surface area (Å²) >= 11 is 0. The molecule has 1 fully saturated rings. The molecule has 2 N–H and O–H groups in total. The highest BCUT2D eigenvalue weighted by molar-refractivity contribution is 4.54. The fourth-order valence-electron chi connectivity index (χ4n) is 2.67. The van der Waals surface area contributed by atoms with Crippen LogP contribution in [0.5, 0.6) is 0 Å². The lowest BCUT2D eigenvalue weighted by molar-refractivity contribution is 0.0860. The molecule has 23 heavy (non-hydrogen) atoms. The van der Waals surface area contributed by atoms with Crippen molar-refractivity contribution in [3.8, 4) is 0 Å². The van der Waals surface area contributed by atoms with E-state index in [-0.39, 0.29) is 6.61 Å². The van der Waals surface area contributed by atoms with Gasteiger partial charge in [-0.05, 0) is 6.42 Å². The smallest absolute Gasteiger partial charge is 0.0770 e. The van der Waals surface area contributed by atoms with E-state index in [2.05, 4.69) is 11.7 Å². The Hall–Kier alpha value is -0.120. The average Bonchev–Trinajstić information content (AvgIpc) is 3.43. The molecular weight excluding hydrogens is 288 g/mol. The molecule has 0 aliphatic carbocycles. The number of rotatable bonds is 16. The van der Waals surface area contributed by atoms with Crippen molar-refractivity contribution in [1.82, 2.24) is 0 Å². The van der Waals surface area contributed by atoms with Gasteiger partial charge in [0.05, 0.1) is 25.9 Å². The van der Waals surface area contributed by atoms with E-state index < -0.39 is 6.10 Å². The molecule has 1 unspecified atom stereocenters. The summed E-state index contributed by atoms with van der Waals surface area (Å²) in [6.07, 6.45) is 19.3. The van der Waals surface area contributed by atoms with E-state index in [4.69, 9.17) is 5.11 Å². The van der Waals surface area contributed by atoms with Crippen LogP contribution in [0.3, 0.4) is 0 Å². The quantitative estimate of drug-likeness (QED) is 0.301. The molecule has 1 atom stereocenters. The molecule has 1 aliphatic rings. The lowest BCUT2D eigenvalue weighted by atomic mass is 10.0. The number of unbranched alkanes of at least 4 members (excludes halogenated alkanes) is 13. The SMILES string of the molecule is C1CO1.CCCCCCCCCCCCCCCCC(O)CO. The molecule has 1 heterocycles. The predicted molar refractivity (Wildman–Crippen MR) is 98.8 cm³/mol. The summed E-state index contributed by atoms with van der Waals surface area (Å²) in [5.74, 6) is 0. The van der Waals surface area contributed by atoms with Gasteiger partial charge in [0.1, 0.15) is 0 Å². The van der Waals surface area contributed by atoms with Crippen LogP contribution >= 0.6 is 0 Å². The molecule has 3 heteroatoms. The number of hydrogen-bond acceptors (Lipinski definition) is 3. The van der Waals surface area contributed by atoms with Crippen molar-refractivity contribution in [2.45, 2.75) is 109 Å². The van der Waals surface area contributed by atoms with E-state index in [0.717, 1.165) is 26.1 Å². The fraction of sp³-hybridized carbons (Fsp3) is 1.00. The van der Waals surface area contributed by atoms with Crippen molar-refractivity contribution in [2.75, 3.05) is 19.8 Å². The van der Waals surface area contributed by atoms with Crippen molar-refractivity contribution < 1.29 is 14.9 Å². The Morgan fingerprint density at radius 2 is 1.04 bits per heavy atom.